The molecule has 0 radical (unpaired) electrons. The lowest BCUT2D eigenvalue weighted by Crippen LogP contribution is -2.43. The van der Waals surface area contributed by atoms with Crippen molar-refractivity contribution in [3.63, 3.8) is 0 Å². The average molecular weight is 291 g/mol. The second-order valence-corrected chi connectivity index (χ2v) is 5.56. The molecule has 2 amide bonds. The lowest BCUT2D eigenvalue weighted by atomic mass is 10.1. The maximum absolute atomic E-state index is 12.0. The van der Waals surface area contributed by atoms with Crippen molar-refractivity contribution in [3.8, 4) is 0 Å². The van der Waals surface area contributed by atoms with Crippen molar-refractivity contribution in [1.29, 1.82) is 0 Å². The Morgan fingerprint density at radius 3 is 2.76 bits per heavy atom. The van der Waals surface area contributed by atoms with Gasteiger partial charge in [-0.1, -0.05) is 18.2 Å². The second-order valence-electron chi connectivity index (χ2n) is 5.56. The van der Waals surface area contributed by atoms with Gasteiger partial charge in [-0.05, 0) is 32.1 Å². The minimum atomic E-state index is -0.390. The van der Waals surface area contributed by atoms with Gasteiger partial charge in [0.05, 0.1) is 4.92 Å². The van der Waals surface area contributed by atoms with Crippen LogP contribution in [0.4, 0.5) is 10.5 Å². The van der Waals surface area contributed by atoms with E-state index in [4.69, 9.17) is 0 Å². The summed E-state index contributed by atoms with van der Waals surface area (Å²) in [6.07, 6.45) is 2.83. The van der Waals surface area contributed by atoms with E-state index >= 15 is 0 Å². The molecule has 0 saturated heterocycles. The van der Waals surface area contributed by atoms with Crippen LogP contribution >= 0.6 is 0 Å². The predicted octanol–water partition coefficient (Wildman–Crippen LogP) is 2.58. The van der Waals surface area contributed by atoms with Crippen LogP contribution in [0.15, 0.2) is 24.3 Å². The van der Waals surface area contributed by atoms with Crippen LogP contribution in [-0.4, -0.2) is 35.5 Å². The van der Waals surface area contributed by atoms with Crippen molar-refractivity contribution in [2.75, 3.05) is 13.6 Å². The number of carbonyl (C=O) groups excluding carboxylic acids is 1. The molecule has 0 spiro atoms. The number of nitro groups is 1. The maximum atomic E-state index is 12.0. The SMILES string of the molecule is CC(C1CC1)N(C)C(=O)NCCc1ccccc1[N+](=O)[O-]. The van der Waals surface area contributed by atoms with E-state index < -0.39 is 4.92 Å². The summed E-state index contributed by atoms with van der Waals surface area (Å²) in [5.74, 6) is 0.621. The third-order valence-electron chi connectivity index (χ3n) is 4.09. The summed E-state index contributed by atoms with van der Waals surface area (Å²) in [7, 11) is 1.79. The lowest BCUT2D eigenvalue weighted by Gasteiger charge is -2.25. The zero-order chi connectivity index (χ0) is 15.4. The molecule has 114 valence electrons. The zero-order valence-corrected chi connectivity index (χ0v) is 12.4. The monoisotopic (exact) mass is 291 g/mol. The van der Waals surface area contributed by atoms with Crippen LogP contribution in [0.25, 0.3) is 0 Å². The highest BCUT2D eigenvalue weighted by Crippen LogP contribution is 2.34. The topological polar surface area (TPSA) is 75.5 Å². The summed E-state index contributed by atoms with van der Waals surface area (Å²) in [6, 6.07) is 6.75. The highest BCUT2D eigenvalue weighted by atomic mass is 16.6. The molecule has 1 atom stereocenters. The molecule has 6 heteroatoms. The first kappa shape index (κ1) is 15.3. The lowest BCUT2D eigenvalue weighted by molar-refractivity contribution is -0.385. The molecule has 2 rings (SSSR count). The first-order valence-electron chi connectivity index (χ1n) is 7.23. The standard InChI is InChI=1S/C15H21N3O3/c1-11(12-7-8-12)17(2)15(19)16-10-9-13-5-3-4-6-14(13)18(20)21/h3-6,11-12H,7-10H2,1-2H3,(H,16,19). The molecule has 0 aliphatic heterocycles. The Kier molecular flexibility index (Phi) is 4.77. The molecular formula is C15H21N3O3. The second kappa shape index (κ2) is 6.56. The van der Waals surface area contributed by atoms with Crippen molar-refractivity contribution >= 4 is 11.7 Å². The highest BCUT2D eigenvalue weighted by molar-refractivity contribution is 5.74. The van der Waals surface area contributed by atoms with Crippen LogP contribution in [0.1, 0.15) is 25.3 Å². The number of rotatable bonds is 6. The normalized spacial score (nSPS) is 15.3. The summed E-state index contributed by atoms with van der Waals surface area (Å²) in [6.45, 7) is 2.45. The van der Waals surface area contributed by atoms with Gasteiger partial charge in [-0.2, -0.15) is 0 Å². The average Bonchev–Trinajstić information content (AvgIpc) is 3.30. The number of para-hydroxylation sites is 1. The number of benzene rings is 1. The van der Waals surface area contributed by atoms with Gasteiger partial charge in [-0.25, -0.2) is 4.79 Å². The number of nitro benzene ring substituents is 1. The van der Waals surface area contributed by atoms with Gasteiger partial charge in [-0.15, -0.1) is 0 Å². The fraction of sp³-hybridized carbons (Fsp3) is 0.533. The van der Waals surface area contributed by atoms with Crippen LogP contribution in [-0.2, 0) is 6.42 Å². The van der Waals surface area contributed by atoms with Gasteiger partial charge in [-0.3, -0.25) is 10.1 Å². The summed E-state index contributed by atoms with van der Waals surface area (Å²) in [5.41, 5.74) is 0.743. The minimum Gasteiger partial charge on any atom is -0.338 e. The van der Waals surface area contributed by atoms with Gasteiger partial charge in [0.1, 0.15) is 0 Å². The van der Waals surface area contributed by atoms with Gasteiger partial charge in [0.2, 0.25) is 0 Å². The molecule has 1 aliphatic rings. The Bertz CT molecular complexity index is 529. The molecule has 0 heterocycles. The quantitative estimate of drug-likeness (QED) is 0.646. The Labute approximate surface area is 124 Å². The molecule has 1 fully saturated rings. The molecule has 1 aromatic carbocycles. The third kappa shape index (κ3) is 3.93. The van der Waals surface area contributed by atoms with Crippen LogP contribution < -0.4 is 5.32 Å². The van der Waals surface area contributed by atoms with Crippen molar-refractivity contribution in [2.24, 2.45) is 5.92 Å². The van der Waals surface area contributed by atoms with Crippen molar-refractivity contribution in [1.82, 2.24) is 10.2 Å². The van der Waals surface area contributed by atoms with E-state index in [1.54, 1.807) is 30.1 Å². The number of carbonyl (C=O) groups is 1. The maximum Gasteiger partial charge on any atom is 0.317 e. The Morgan fingerprint density at radius 1 is 1.48 bits per heavy atom. The van der Waals surface area contributed by atoms with E-state index in [9.17, 15) is 14.9 Å². The Hall–Kier alpha value is -2.11. The molecule has 6 nitrogen and oxygen atoms in total. The summed E-state index contributed by atoms with van der Waals surface area (Å²) in [4.78, 5) is 24.2. The molecule has 1 N–H and O–H groups in total. The first-order chi connectivity index (χ1) is 10.0. The van der Waals surface area contributed by atoms with Crippen molar-refractivity contribution in [3.05, 3.63) is 39.9 Å². The van der Waals surface area contributed by atoms with Crippen LogP contribution in [0.3, 0.4) is 0 Å². The third-order valence-corrected chi connectivity index (χ3v) is 4.09. The predicted molar refractivity (Wildman–Crippen MR) is 80.1 cm³/mol. The molecular weight excluding hydrogens is 270 g/mol. The number of hydrogen-bond donors (Lipinski definition) is 1. The number of nitrogens with zero attached hydrogens (tertiary/aromatic N) is 2. The number of nitrogens with one attached hydrogen (secondary N) is 1. The molecule has 21 heavy (non-hydrogen) atoms. The fourth-order valence-electron chi connectivity index (χ4n) is 2.41. The molecule has 1 aromatic rings. The van der Waals surface area contributed by atoms with E-state index in [-0.39, 0.29) is 17.8 Å². The highest BCUT2D eigenvalue weighted by Gasteiger charge is 2.32. The summed E-state index contributed by atoms with van der Waals surface area (Å²) in [5, 5.41) is 13.7. The zero-order valence-electron chi connectivity index (χ0n) is 12.4. The van der Waals surface area contributed by atoms with Gasteiger partial charge in [0, 0.05) is 31.3 Å². The largest absolute Gasteiger partial charge is 0.338 e. The smallest absolute Gasteiger partial charge is 0.317 e. The van der Waals surface area contributed by atoms with Crippen LogP contribution in [0.5, 0.6) is 0 Å². The first-order valence-corrected chi connectivity index (χ1v) is 7.23. The Balaban J connectivity index is 1.84. The fourth-order valence-corrected chi connectivity index (χ4v) is 2.41. The van der Waals surface area contributed by atoms with E-state index in [1.165, 1.54) is 18.9 Å². The van der Waals surface area contributed by atoms with Crippen LogP contribution in [0.2, 0.25) is 0 Å². The number of amides is 2. The minimum absolute atomic E-state index is 0.103. The van der Waals surface area contributed by atoms with E-state index in [2.05, 4.69) is 12.2 Å². The molecule has 0 aromatic heterocycles. The molecule has 1 aliphatic carbocycles. The molecule has 0 bridgehead atoms. The van der Waals surface area contributed by atoms with E-state index in [1.807, 2.05) is 0 Å². The number of hydrogen-bond acceptors (Lipinski definition) is 3. The summed E-state index contributed by atoms with van der Waals surface area (Å²) >= 11 is 0. The molecule has 1 unspecified atom stereocenters. The van der Waals surface area contributed by atoms with Gasteiger partial charge < -0.3 is 10.2 Å². The van der Waals surface area contributed by atoms with Gasteiger partial charge in [0.25, 0.3) is 5.69 Å². The summed E-state index contributed by atoms with van der Waals surface area (Å²) < 4.78 is 0. The van der Waals surface area contributed by atoms with E-state index in [0.717, 1.165) is 0 Å². The molecule has 1 saturated carbocycles. The van der Waals surface area contributed by atoms with Crippen LogP contribution in [0, 0.1) is 16.0 Å². The van der Waals surface area contributed by atoms with Crippen molar-refractivity contribution in [2.45, 2.75) is 32.2 Å². The number of urea groups is 1. The van der Waals surface area contributed by atoms with E-state index in [0.29, 0.717) is 24.4 Å². The Morgan fingerprint density at radius 2 is 2.14 bits per heavy atom. The van der Waals surface area contributed by atoms with Gasteiger partial charge >= 0.3 is 6.03 Å². The van der Waals surface area contributed by atoms with Gasteiger partial charge in [0.15, 0.2) is 0 Å². The van der Waals surface area contributed by atoms with Crippen molar-refractivity contribution < 1.29 is 9.72 Å².